The Hall–Kier alpha value is -1.36. The Morgan fingerprint density at radius 3 is 2.50 bits per heavy atom. The minimum absolute atomic E-state index is 0.715. The maximum Gasteiger partial charge on any atom is 0.224 e. The van der Waals surface area contributed by atoms with Crippen molar-refractivity contribution in [1.29, 1.82) is 0 Å². The summed E-state index contributed by atoms with van der Waals surface area (Å²) in [5.74, 6) is 1.70. The Morgan fingerprint density at radius 1 is 1.17 bits per heavy atom. The molecule has 1 aromatic heterocycles. The molecule has 1 N–H and O–H groups in total. The van der Waals surface area contributed by atoms with Gasteiger partial charge >= 0.3 is 0 Å². The van der Waals surface area contributed by atoms with Crippen LogP contribution < -0.4 is 10.2 Å². The highest BCUT2D eigenvalue weighted by atomic mass is 15.2. The fourth-order valence-electron chi connectivity index (χ4n) is 1.72. The van der Waals surface area contributed by atoms with E-state index in [0.29, 0.717) is 5.95 Å². The number of nitrogens with zero attached hydrogens (tertiary/aromatic N) is 4. The van der Waals surface area contributed by atoms with E-state index in [1.807, 2.05) is 19.9 Å². The minimum atomic E-state index is 0.715. The Kier molecular flexibility index (Phi) is 5.85. The Bertz CT molecular complexity index is 364. The lowest BCUT2D eigenvalue weighted by molar-refractivity contribution is 0.401. The summed E-state index contributed by atoms with van der Waals surface area (Å²) in [7, 11) is 6.27. The molecule has 102 valence electrons. The third-order valence-corrected chi connectivity index (χ3v) is 2.67. The van der Waals surface area contributed by atoms with Crippen molar-refractivity contribution in [1.82, 2.24) is 14.9 Å². The predicted octanol–water partition coefficient (Wildman–Crippen LogP) is 1.60. The summed E-state index contributed by atoms with van der Waals surface area (Å²) in [5.41, 5.74) is 0.996. The number of aryl methyl sites for hydroxylation is 1. The second kappa shape index (κ2) is 7.16. The maximum atomic E-state index is 4.51. The molecule has 0 aliphatic heterocycles. The van der Waals surface area contributed by atoms with Crippen molar-refractivity contribution in [3.63, 3.8) is 0 Å². The van der Waals surface area contributed by atoms with Gasteiger partial charge in [-0.15, -0.1) is 0 Å². The fraction of sp³-hybridized carbons (Fsp3) is 0.692. The van der Waals surface area contributed by atoms with Gasteiger partial charge in [-0.3, -0.25) is 0 Å². The first kappa shape index (κ1) is 14.7. The molecule has 0 spiro atoms. The zero-order valence-electron chi connectivity index (χ0n) is 12.2. The molecule has 18 heavy (non-hydrogen) atoms. The van der Waals surface area contributed by atoms with Crippen LogP contribution in [-0.2, 0) is 0 Å². The van der Waals surface area contributed by atoms with E-state index in [0.717, 1.165) is 37.6 Å². The molecule has 0 saturated carbocycles. The highest BCUT2D eigenvalue weighted by Crippen LogP contribution is 2.13. The molecule has 0 bridgehead atoms. The van der Waals surface area contributed by atoms with Gasteiger partial charge in [-0.1, -0.05) is 0 Å². The van der Waals surface area contributed by atoms with Gasteiger partial charge < -0.3 is 15.1 Å². The summed E-state index contributed by atoms with van der Waals surface area (Å²) < 4.78 is 0. The number of rotatable bonds is 7. The summed E-state index contributed by atoms with van der Waals surface area (Å²) in [4.78, 5) is 13.2. The Labute approximate surface area is 110 Å². The lowest BCUT2D eigenvalue weighted by atomic mass is 10.3. The second-order valence-electron chi connectivity index (χ2n) is 4.80. The van der Waals surface area contributed by atoms with Crippen LogP contribution in [0.3, 0.4) is 0 Å². The molecule has 5 nitrogen and oxygen atoms in total. The summed E-state index contributed by atoms with van der Waals surface area (Å²) >= 11 is 0. The zero-order chi connectivity index (χ0) is 13.5. The quantitative estimate of drug-likeness (QED) is 0.797. The Morgan fingerprint density at radius 2 is 1.89 bits per heavy atom. The van der Waals surface area contributed by atoms with Crippen molar-refractivity contribution in [2.75, 3.05) is 51.0 Å². The van der Waals surface area contributed by atoms with Crippen LogP contribution in [0, 0.1) is 6.92 Å². The first-order valence-corrected chi connectivity index (χ1v) is 6.48. The van der Waals surface area contributed by atoms with Crippen molar-refractivity contribution in [2.24, 2.45) is 0 Å². The van der Waals surface area contributed by atoms with E-state index in [-0.39, 0.29) is 0 Å². The van der Waals surface area contributed by atoms with Gasteiger partial charge in [0.15, 0.2) is 0 Å². The van der Waals surface area contributed by atoms with Crippen LogP contribution in [0.5, 0.6) is 0 Å². The standard InChI is InChI=1S/C13H25N5/c1-6-14-13-15-11(2)10-12(16-13)18(5)9-7-8-17(3)4/h10H,6-9H2,1-5H3,(H,14,15,16). The molecule has 5 heteroatoms. The lowest BCUT2D eigenvalue weighted by Crippen LogP contribution is -2.24. The topological polar surface area (TPSA) is 44.3 Å². The van der Waals surface area contributed by atoms with Gasteiger partial charge in [-0.2, -0.15) is 4.98 Å². The van der Waals surface area contributed by atoms with E-state index in [2.05, 4.69) is 46.2 Å². The molecule has 1 aromatic rings. The lowest BCUT2D eigenvalue weighted by Gasteiger charge is -2.20. The summed E-state index contributed by atoms with van der Waals surface area (Å²) in [6, 6.07) is 2.02. The molecular weight excluding hydrogens is 226 g/mol. The molecule has 0 amide bonds. The second-order valence-corrected chi connectivity index (χ2v) is 4.80. The van der Waals surface area contributed by atoms with Crippen molar-refractivity contribution >= 4 is 11.8 Å². The van der Waals surface area contributed by atoms with E-state index >= 15 is 0 Å². The first-order chi connectivity index (χ1) is 8.52. The van der Waals surface area contributed by atoms with Gasteiger partial charge in [0.2, 0.25) is 5.95 Å². The van der Waals surface area contributed by atoms with Crippen LogP contribution in [0.25, 0.3) is 0 Å². The van der Waals surface area contributed by atoms with Crippen molar-refractivity contribution in [2.45, 2.75) is 20.3 Å². The SMILES string of the molecule is CCNc1nc(C)cc(N(C)CCCN(C)C)n1. The van der Waals surface area contributed by atoms with Crippen LogP contribution in [0.1, 0.15) is 19.0 Å². The van der Waals surface area contributed by atoms with Crippen LogP contribution in [0.2, 0.25) is 0 Å². The van der Waals surface area contributed by atoms with Gasteiger partial charge in [0.1, 0.15) is 5.82 Å². The number of hydrogen-bond donors (Lipinski definition) is 1. The van der Waals surface area contributed by atoms with Gasteiger partial charge in [0.05, 0.1) is 0 Å². The summed E-state index contributed by atoms with van der Waals surface area (Å²) in [6.07, 6.45) is 1.13. The van der Waals surface area contributed by atoms with Crippen LogP contribution in [0.4, 0.5) is 11.8 Å². The van der Waals surface area contributed by atoms with Crippen LogP contribution in [0.15, 0.2) is 6.07 Å². The Balaban J connectivity index is 2.63. The summed E-state index contributed by atoms with van der Waals surface area (Å²) in [5, 5.41) is 3.16. The number of hydrogen-bond acceptors (Lipinski definition) is 5. The van der Waals surface area contributed by atoms with Gasteiger partial charge in [0.25, 0.3) is 0 Å². The molecule has 0 fully saturated rings. The molecule has 0 aromatic carbocycles. The van der Waals surface area contributed by atoms with E-state index in [1.165, 1.54) is 0 Å². The van der Waals surface area contributed by atoms with Crippen LogP contribution in [-0.4, -0.2) is 55.6 Å². The van der Waals surface area contributed by atoms with Crippen molar-refractivity contribution in [3.05, 3.63) is 11.8 Å². The predicted molar refractivity (Wildman–Crippen MR) is 77.4 cm³/mol. The normalized spacial score (nSPS) is 10.8. The van der Waals surface area contributed by atoms with Crippen LogP contribution >= 0.6 is 0 Å². The van der Waals surface area contributed by atoms with Crippen molar-refractivity contribution in [3.8, 4) is 0 Å². The third-order valence-electron chi connectivity index (χ3n) is 2.67. The minimum Gasteiger partial charge on any atom is -0.359 e. The number of aromatic nitrogens is 2. The molecule has 0 radical (unpaired) electrons. The maximum absolute atomic E-state index is 4.51. The highest BCUT2D eigenvalue weighted by Gasteiger charge is 2.06. The van der Waals surface area contributed by atoms with E-state index in [4.69, 9.17) is 0 Å². The average Bonchev–Trinajstić information content (AvgIpc) is 2.28. The number of nitrogens with one attached hydrogen (secondary N) is 1. The highest BCUT2D eigenvalue weighted by molar-refractivity contribution is 5.43. The van der Waals surface area contributed by atoms with Gasteiger partial charge in [-0.05, 0) is 40.9 Å². The number of anilines is 2. The van der Waals surface area contributed by atoms with E-state index in [1.54, 1.807) is 0 Å². The monoisotopic (exact) mass is 251 g/mol. The molecule has 0 unspecified atom stereocenters. The third kappa shape index (κ3) is 4.87. The molecule has 0 aliphatic carbocycles. The van der Waals surface area contributed by atoms with E-state index < -0.39 is 0 Å². The molecule has 0 saturated heterocycles. The molecule has 0 aliphatic rings. The zero-order valence-corrected chi connectivity index (χ0v) is 12.2. The molecule has 1 heterocycles. The summed E-state index contributed by atoms with van der Waals surface area (Å²) in [6.45, 7) is 6.98. The first-order valence-electron chi connectivity index (χ1n) is 6.48. The average molecular weight is 251 g/mol. The molecule has 0 atom stereocenters. The van der Waals surface area contributed by atoms with Gasteiger partial charge in [0, 0.05) is 31.9 Å². The van der Waals surface area contributed by atoms with Crippen molar-refractivity contribution < 1.29 is 0 Å². The molecular formula is C13H25N5. The van der Waals surface area contributed by atoms with Gasteiger partial charge in [-0.25, -0.2) is 4.98 Å². The van der Waals surface area contributed by atoms with E-state index in [9.17, 15) is 0 Å². The molecule has 1 rings (SSSR count). The smallest absolute Gasteiger partial charge is 0.224 e. The largest absolute Gasteiger partial charge is 0.359 e. The fourth-order valence-corrected chi connectivity index (χ4v) is 1.72.